The fourth-order valence-corrected chi connectivity index (χ4v) is 4.87. The number of anilines is 3. The van der Waals surface area contributed by atoms with Crippen molar-refractivity contribution in [3.63, 3.8) is 0 Å². The number of aromatic nitrogens is 3. The minimum Gasteiger partial charge on any atom is -0.368 e. The van der Waals surface area contributed by atoms with Crippen molar-refractivity contribution in [3.05, 3.63) is 42.2 Å². The van der Waals surface area contributed by atoms with E-state index in [9.17, 15) is 4.79 Å². The largest absolute Gasteiger partial charge is 0.368 e. The third-order valence-corrected chi connectivity index (χ3v) is 6.70. The number of rotatable bonds is 4. The zero-order chi connectivity index (χ0) is 21.4. The number of carbonyl (C=O) groups is 1. The van der Waals surface area contributed by atoms with Gasteiger partial charge in [-0.25, -0.2) is 4.98 Å². The van der Waals surface area contributed by atoms with Gasteiger partial charge in [-0.2, -0.15) is 4.98 Å². The summed E-state index contributed by atoms with van der Waals surface area (Å²) in [4.78, 5) is 25.2. The number of piperazine rings is 1. The highest BCUT2D eigenvalue weighted by molar-refractivity contribution is 5.81. The highest BCUT2D eigenvalue weighted by Crippen LogP contribution is 2.33. The Kier molecular flexibility index (Phi) is 5.26. The molecule has 1 aromatic carbocycles. The molecule has 1 aliphatic heterocycles. The first kappa shape index (κ1) is 19.8. The van der Waals surface area contributed by atoms with Gasteiger partial charge < -0.3 is 19.7 Å². The second kappa shape index (κ2) is 8.21. The Morgan fingerprint density at radius 1 is 1.06 bits per heavy atom. The molecule has 2 fully saturated rings. The molecule has 1 aliphatic carbocycles. The van der Waals surface area contributed by atoms with E-state index < -0.39 is 0 Å². The molecule has 2 aliphatic rings. The van der Waals surface area contributed by atoms with Crippen LogP contribution in [0.3, 0.4) is 0 Å². The molecule has 2 aromatic heterocycles. The predicted octanol–water partition coefficient (Wildman–Crippen LogP) is 4.27. The van der Waals surface area contributed by atoms with Gasteiger partial charge in [0.05, 0.1) is 0 Å². The minimum absolute atomic E-state index is 0.158. The lowest BCUT2D eigenvalue weighted by Gasteiger charge is -2.35. The zero-order valence-corrected chi connectivity index (χ0v) is 18.3. The molecule has 0 atom stereocenters. The van der Waals surface area contributed by atoms with Crippen LogP contribution in [-0.2, 0) is 4.79 Å². The van der Waals surface area contributed by atoms with Crippen LogP contribution in [0, 0.1) is 6.92 Å². The van der Waals surface area contributed by atoms with E-state index in [4.69, 9.17) is 4.98 Å². The Hall–Kier alpha value is -3.09. The summed E-state index contributed by atoms with van der Waals surface area (Å²) in [5.74, 6) is 0.790. The molecular formula is C24H30N6O. The number of amides is 1. The molecule has 0 bridgehead atoms. The Balaban J connectivity index is 1.31. The van der Waals surface area contributed by atoms with E-state index in [2.05, 4.69) is 57.2 Å². The zero-order valence-electron chi connectivity index (χ0n) is 18.3. The second-order valence-electron chi connectivity index (χ2n) is 8.75. The first-order chi connectivity index (χ1) is 15.1. The predicted molar refractivity (Wildman–Crippen MR) is 124 cm³/mol. The number of hydrogen-bond donors (Lipinski definition) is 1. The van der Waals surface area contributed by atoms with Crippen molar-refractivity contribution in [3.8, 4) is 0 Å². The van der Waals surface area contributed by atoms with Gasteiger partial charge in [0.1, 0.15) is 5.65 Å². The van der Waals surface area contributed by atoms with Crippen LogP contribution in [-0.4, -0.2) is 51.5 Å². The summed E-state index contributed by atoms with van der Waals surface area (Å²) in [5.41, 5.74) is 4.42. The van der Waals surface area contributed by atoms with Gasteiger partial charge in [-0.05, 0) is 49.6 Å². The van der Waals surface area contributed by atoms with Crippen LogP contribution in [0.1, 0.15) is 44.2 Å². The third kappa shape index (κ3) is 3.96. The molecule has 1 saturated carbocycles. The van der Waals surface area contributed by atoms with Crippen molar-refractivity contribution in [2.45, 2.75) is 45.6 Å². The highest BCUT2D eigenvalue weighted by atomic mass is 16.2. The average Bonchev–Trinajstić information content (AvgIpc) is 3.42. The molecule has 3 aromatic rings. The molecule has 162 valence electrons. The molecule has 7 nitrogen and oxygen atoms in total. The summed E-state index contributed by atoms with van der Waals surface area (Å²) in [6.07, 6.45) is 9.25. The summed E-state index contributed by atoms with van der Waals surface area (Å²) in [6, 6.07) is 8.94. The maximum atomic E-state index is 11.5. The van der Waals surface area contributed by atoms with Crippen LogP contribution in [0.4, 0.5) is 17.3 Å². The molecule has 7 heteroatoms. The van der Waals surface area contributed by atoms with Crippen LogP contribution >= 0.6 is 0 Å². The lowest BCUT2D eigenvalue weighted by atomic mass is 10.2. The number of nitrogens with one attached hydrogen (secondary N) is 1. The highest BCUT2D eigenvalue weighted by Gasteiger charge is 2.21. The van der Waals surface area contributed by atoms with Crippen molar-refractivity contribution in [1.29, 1.82) is 0 Å². The summed E-state index contributed by atoms with van der Waals surface area (Å²) in [6.45, 7) is 7.07. The van der Waals surface area contributed by atoms with Crippen molar-refractivity contribution in [2.24, 2.45) is 0 Å². The Bertz CT molecular complexity index is 1080. The molecule has 1 amide bonds. The lowest BCUT2D eigenvalue weighted by molar-refractivity contribution is -0.129. The van der Waals surface area contributed by atoms with Crippen LogP contribution in [0.5, 0.6) is 0 Å². The third-order valence-electron chi connectivity index (χ3n) is 6.70. The van der Waals surface area contributed by atoms with Gasteiger partial charge in [-0.1, -0.05) is 12.8 Å². The molecule has 0 radical (unpaired) electrons. The normalized spacial score (nSPS) is 17.5. The number of aryl methyl sites for hydroxylation is 1. The molecule has 5 rings (SSSR count). The van der Waals surface area contributed by atoms with E-state index in [1.807, 2.05) is 11.1 Å². The molecule has 3 heterocycles. The number of hydrogen-bond acceptors (Lipinski definition) is 5. The van der Waals surface area contributed by atoms with Gasteiger partial charge in [0, 0.05) is 68.3 Å². The quantitative estimate of drug-likeness (QED) is 0.686. The van der Waals surface area contributed by atoms with Crippen LogP contribution in [0.15, 0.2) is 36.7 Å². The first-order valence-corrected chi connectivity index (χ1v) is 11.3. The van der Waals surface area contributed by atoms with E-state index in [0.717, 1.165) is 42.9 Å². The van der Waals surface area contributed by atoms with Gasteiger partial charge in [0.2, 0.25) is 11.9 Å². The number of nitrogens with zero attached hydrogens (tertiary/aromatic N) is 5. The van der Waals surface area contributed by atoms with Gasteiger partial charge in [0.25, 0.3) is 0 Å². The SMILES string of the molecule is CC(=O)N1CCN(c2ccc(Nc3ncc4c(C)cn(C5CCCC5)c4n3)cc2)CC1. The molecule has 1 N–H and O–H groups in total. The Morgan fingerprint density at radius 3 is 2.45 bits per heavy atom. The maximum absolute atomic E-state index is 11.5. The van der Waals surface area contributed by atoms with Crippen molar-refractivity contribution < 1.29 is 4.79 Å². The molecule has 0 unspecified atom stereocenters. The minimum atomic E-state index is 0.158. The van der Waals surface area contributed by atoms with E-state index in [-0.39, 0.29) is 5.91 Å². The summed E-state index contributed by atoms with van der Waals surface area (Å²) in [7, 11) is 0. The van der Waals surface area contributed by atoms with Gasteiger partial charge in [-0.15, -0.1) is 0 Å². The molecule has 1 saturated heterocycles. The summed E-state index contributed by atoms with van der Waals surface area (Å²) in [5, 5.41) is 4.50. The monoisotopic (exact) mass is 418 g/mol. The number of fused-ring (bicyclic) bond motifs is 1. The summed E-state index contributed by atoms with van der Waals surface area (Å²) < 4.78 is 2.36. The van der Waals surface area contributed by atoms with E-state index >= 15 is 0 Å². The first-order valence-electron chi connectivity index (χ1n) is 11.3. The van der Waals surface area contributed by atoms with Crippen LogP contribution < -0.4 is 10.2 Å². The van der Waals surface area contributed by atoms with E-state index in [0.29, 0.717) is 12.0 Å². The van der Waals surface area contributed by atoms with Crippen LogP contribution in [0.2, 0.25) is 0 Å². The molecule has 0 spiro atoms. The standard InChI is InChI=1S/C24H30N6O/c1-17-16-30(21-5-3-4-6-21)23-22(17)15-25-24(27-23)26-19-7-9-20(10-8-19)29-13-11-28(12-14-29)18(2)31/h7-10,15-16,21H,3-6,11-14H2,1-2H3,(H,25,26,27). The van der Waals surface area contributed by atoms with Gasteiger partial charge in [-0.3, -0.25) is 4.79 Å². The summed E-state index contributed by atoms with van der Waals surface area (Å²) >= 11 is 0. The second-order valence-corrected chi connectivity index (χ2v) is 8.75. The van der Waals surface area contributed by atoms with Gasteiger partial charge >= 0.3 is 0 Å². The van der Waals surface area contributed by atoms with Crippen molar-refractivity contribution in [2.75, 3.05) is 36.4 Å². The van der Waals surface area contributed by atoms with Crippen molar-refractivity contribution in [1.82, 2.24) is 19.4 Å². The Labute approximate surface area is 183 Å². The molecule has 31 heavy (non-hydrogen) atoms. The van der Waals surface area contributed by atoms with Crippen LogP contribution in [0.25, 0.3) is 11.0 Å². The smallest absolute Gasteiger partial charge is 0.229 e. The van der Waals surface area contributed by atoms with E-state index in [1.54, 1.807) is 6.92 Å². The Morgan fingerprint density at radius 2 is 1.77 bits per heavy atom. The fourth-order valence-electron chi connectivity index (χ4n) is 4.87. The van der Waals surface area contributed by atoms with Gasteiger partial charge in [0.15, 0.2) is 0 Å². The fraction of sp³-hybridized carbons (Fsp3) is 0.458. The van der Waals surface area contributed by atoms with E-state index in [1.165, 1.54) is 36.9 Å². The van der Waals surface area contributed by atoms with Crippen molar-refractivity contribution >= 4 is 34.3 Å². The number of carbonyl (C=O) groups excluding carboxylic acids is 1. The average molecular weight is 419 g/mol. The maximum Gasteiger partial charge on any atom is 0.229 e. The topological polar surface area (TPSA) is 66.3 Å². The number of benzene rings is 1. The lowest BCUT2D eigenvalue weighted by Crippen LogP contribution is -2.48. The molecular weight excluding hydrogens is 388 g/mol.